The fraction of sp³-hybridized carbons (Fsp3) is 1.00. The van der Waals surface area contributed by atoms with Crippen molar-refractivity contribution in [1.29, 1.82) is 0 Å². The number of hydrogen-bond acceptors (Lipinski definition) is 4. The van der Waals surface area contributed by atoms with Gasteiger partial charge in [-0.3, -0.25) is 0 Å². The molecule has 4 heteroatoms. The highest BCUT2D eigenvalue weighted by atomic mass is 16.8. The molecule has 0 amide bonds. The summed E-state index contributed by atoms with van der Waals surface area (Å²) in [6.45, 7) is 3.79. The molecule has 4 N–H and O–H groups in total. The van der Waals surface area contributed by atoms with Gasteiger partial charge >= 0.3 is 0 Å². The van der Waals surface area contributed by atoms with Gasteiger partial charge in [0.25, 0.3) is 0 Å². The van der Waals surface area contributed by atoms with Gasteiger partial charge in [0.05, 0.1) is 0 Å². The number of ether oxygens (including phenoxy) is 2. The van der Waals surface area contributed by atoms with E-state index < -0.39 is 5.79 Å². The average Bonchev–Trinajstić information content (AvgIpc) is 2.34. The molecule has 1 heterocycles. The van der Waals surface area contributed by atoms with Gasteiger partial charge in [0.15, 0.2) is 5.79 Å². The van der Waals surface area contributed by atoms with Gasteiger partial charge in [0.1, 0.15) is 12.2 Å². The molecule has 1 saturated carbocycles. The first-order chi connectivity index (χ1) is 5.49. The van der Waals surface area contributed by atoms with Gasteiger partial charge in [0, 0.05) is 12.1 Å². The molecule has 0 aromatic carbocycles. The second-order valence-corrected chi connectivity index (χ2v) is 4.13. The van der Waals surface area contributed by atoms with Crippen molar-refractivity contribution in [2.45, 2.75) is 50.3 Å². The minimum absolute atomic E-state index is 0.00463. The molecule has 0 aromatic rings. The van der Waals surface area contributed by atoms with Gasteiger partial charge < -0.3 is 20.9 Å². The lowest BCUT2D eigenvalue weighted by atomic mass is 10.2. The van der Waals surface area contributed by atoms with Crippen LogP contribution in [0.4, 0.5) is 0 Å². The number of hydrogen-bond donors (Lipinski definition) is 2. The largest absolute Gasteiger partial charge is 0.343 e. The summed E-state index contributed by atoms with van der Waals surface area (Å²) in [4.78, 5) is 0. The highest BCUT2D eigenvalue weighted by molar-refractivity contribution is 5.02. The molecule has 1 aliphatic carbocycles. The Kier molecular flexibility index (Phi) is 1.70. The van der Waals surface area contributed by atoms with E-state index in [1.54, 1.807) is 0 Å². The topological polar surface area (TPSA) is 70.5 Å². The van der Waals surface area contributed by atoms with Gasteiger partial charge in [-0.1, -0.05) is 0 Å². The third-order valence-electron chi connectivity index (χ3n) is 2.55. The molecule has 12 heavy (non-hydrogen) atoms. The van der Waals surface area contributed by atoms with Crippen LogP contribution in [0.15, 0.2) is 0 Å². The van der Waals surface area contributed by atoms with E-state index in [1.165, 1.54) is 0 Å². The van der Waals surface area contributed by atoms with Gasteiger partial charge in [-0.25, -0.2) is 0 Å². The maximum Gasteiger partial charge on any atom is 0.163 e. The van der Waals surface area contributed by atoms with Crippen molar-refractivity contribution in [2.24, 2.45) is 11.5 Å². The van der Waals surface area contributed by atoms with Crippen LogP contribution in [0.1, 0.15) is 20.3 Å². The Morgan fingerprint density at radius 1 is 1.08 bits per heavy atom. The van der Waals surface area contributed by atoms with Crippen LogP contribution in [-0.2, 0) is 9.47 Å². The van der Waals surface area contributed by atoms with Crippen LogP contribution in [-0.4, -0.2) is 30.1 Å². The maximum atomic E-state index is 5.85. The zero-order valence-electron chi connectivity index (χ0n) is 7.49. The molecule has 0 bridgehead atoms. The Morgan fingerprint density at radius 2 is 1.50 bits per heavy atom. The summed E-state index contributed by atoms with van der Waals surface area (Å²) in [6, 6.07) is 0.0681. The molecule has 0 unspecified atom stereocenters. The summed E-state index contributed by atoms with van der Waals surface area (Å²) in [5.74, 6) is -0.509. The van der Waals surface area contributed by atoms with Crippen molar-refractivity contribution in [3.05, 3.63) is 0 Å². The molecule has 2 fully saturated rings. The van der Waals surface area contributed by atoms with Crippen LogP contribution in [0, 0.1) is 0 Å². The first kappa shape index (κ1) is 8.44. The van der Waals surface area contributed by atoms with Crippen LogP contribution in [0.2, 0.25) is 0 Å². The number of rotatable bonds is 0. The molecule has 0 radical (unpaired) electrons. The second-order valence-electron chi connectivity index (χ2n) is 4.13. The van der Waals surface area contributed by atoms with Crippen molar-refractivity contribution in [3.63, 3.8) is 0 Å². The Bertz CT molecular complexity index is 177. The van der Waals surface area contributed by atoms with Crippen LogP contribution >= 0.6 is 0 Å². The van der Waals surface area contributed by atoms with Crippen molar-refractivity contribution in [3.8, 4) is 0 Å². The van der Waals surface area contributed by atoms with Crippen LogP contribution in [0.5, 0.6) is 0 Å². The molecule has 1 aliphatic heterocycles. The fourth-order valence-electron chi connectivity index (χ4n) is 2.06. The number of nitrogens with two attached hydrogens (primary N) is 2. The predicted molar refractivity (Wildman–Crippen MR) is 44.4 cm³/mol. The normalized spacial score (nSPS) is 51.0. The molecule has 2 aliphatic rings. The van der Waals surface area contributed by atoms with E-state index >= 15 is 0 Å². The van der Waals surface area contributed by atoms with Crippen molar-refractivity contribution < 1.29 is 9.47 Å². The highest BCUT2D eigenvalue weighted by Crippen LogP contribution is 2.36. The standard InChI is InChI=1S/C8H16N2O2/c1-8(2)11-6-4(9)3-5(10)7(6)12-8/h4-7H,3,9-10H2,1-2H3/t4-,5+,6+,7-. The third-order valence-corrected chi connectivity index (χ3v) is 2.55. The lowest BCUT2D eigenvalue weighted by Gasteiger charge is -2.20. The van der Waals surface area contributed by atoms with Crippen molar-refractivity contribution in [2.75, 3.05) is 0 Å². The summed E-state index contributed by atoms with van der Waals surface area (Å²) in [5.41, 5.74) is 11.7. The first-order valence-corrected chi connectivity index (χ1v) is 4.36. The van der Waals surface area contributed by atoms with Crippen molar-refractivity contribution in [1.82, 2.24) is 0 Å². The summed E-state index contributed by atoms with van der Waals surface area (Å²) in [7, 11) is 0. The van der Waals surface area contributed by atoms with Crippen LogP contribution in [0.25, 0.3) is 0 Å². The summed E-state index contributed by atoms with van der Waals surface area (Å²) in [6.07, 6.45) is 0.788. The molecular formula is C8H16N2O2. The number of fused-ring (bicyclic) bond motifs is 1. The lowest BCUT2D eigenvalue weighted by Crippen LogP contribution is -2.35. The second kappa shape index (κ2) is 2.42. The summed E-state index contributed by atoms with van der Waals surface area (Å²) < 4.78 is 11.3. The van der Waals surface area contributed by atoms with E-state index in [4.69, 9.17) is 20.9 Å². The Labute approximate surface area is 72.2 Å². The Balaban J connectivity index is 2.15. The van der Waals surface area contributed by atoms with E-state index in [2.05, 4.69) is 0 Å². The molecule has 0 aromatic heterocycles. The third kappa shape index (κ3) is 1.15. The van der Waals surface area contributed by atoms with Gasteiger partial charge in [0.2, 0.25) is 0 Å². The minimum Gasteiger partial charge on any atom is -0.343 e. The van der Waals surface area contributed by atoms with Gasteiger partial charge in [-0.15, -0.1) is 0 Å². The summed E-state index contributed by atoms with van der Waals surface area (Å²) >= 11 is 0. The molecular weight excluding hydrogens is 156 g/mol. The van der Waals surface area contributed by atoms with Crippen LogP contribution < -0.4 is 11.5 Å². The molecule has 2 rings (SSSR count). The smallest absolute Gasteiger partial charge is 0.163 e. The van der Waals surface area contributed by atoms with E-state index in [9.17, 15) is 0 Å². The van der Waals surface area contributed by atoms with Gasteiger partial charge in [-0.05, 0) is 20.3 Å². The van der Waals surface area contributed by atoms with E-state index in [1.807, 2.05) is 13.8 Å². The lowest BCUT2D eigenvalue weighted by molar-refractivity contribution is -0.154. The maximum absolute atomic E-state index is 5.85. The molecule has 0 spiro atoms. The quantitative estimate of drug-likeness (QED) is 0.520. The minimum atomic E-state index is -0.509. The Morgan fingerprint density at radius 3 is 1.92 bits per heavy atom. The molecule has 70 valence electrons. The zero-order valence-corrected chi connectivity index (χ0v) is 7.49. The monoisotopic (exact) mass is 172 g/mol. The zero-order chi connectivity index (χ0) is 8.93. The van der Waals surface area contributed by atoms with Crippen molar-refractivity contribution >= 4 is 0 Å². The van der Waals surface area contributed by atoms with E-state index in [0.29, 0.717) is 0 Å². The molecule has 4 nitrogen and oxygen atoms in total. The average molecular weight is 172 g/mol. The van der Waals surface area contributed by atoms with E-state index in [0.717, 1.165) is 6.42 Å². The Hall–Kier alpha value is -0.160. The highest BCUT2D eigenvalue weighted by Gasteiger charge is 2.51. The predicted octanol–water partition coefficient (Wildman–Crippen LogP) is -0.435. The fourth-order valence-corrected chi connectivity index (χ4v) is 2.06. The van der Waals surface area contributed by atoms with E-state index in [-0.39, 0.29) is 24.3 Å². The summed E-state index contributed by atoms with van der Waals surface area (Å²) in [5, 5.41) is 0. The van der Waals surface area contributed by atoms with Gasteiger partial charge in [-0.2, -0.15) is 0 Å². The van der Waals surface area contributed by atoms with Crippen LogP contribution in [0.3, 0.4) is 0 Å². The molecule has 1 saturated heterocycles. The SMILES string of the molecule is CC1(C)O[C@@H]2[C@H](O1)[C@@H](N)C[C@H]2N. The first-order valence-electron chi connectivity index (χ1n) is 4.36. The molecule has 4 atom stereocenters.